The van der Waals surface area contributed by atoms with Gasteiger partial charge in [-0.25, -0.2) is 0 Å². The van der Waals surface area contributed by atoms with Crippen molar-refractivity contribution in [3.05, 3.63) is 24.3 Å². The Balaban J connectivity index is 1.85. The van der Waals surface area contributed by atoms with Gasteiger partial charge in [-0.3, -0.25) is 9.59 Å². The molecule has 0 saturated carbocycles. The molecule has 18 heavy (non-hydrogen) atoms. The molecule has 0 atom stereocenters. The second-order valence-electron chi connectivity index (χ2n) is 4.54. The number of hydrogen-bond donors (Lipinski definition) is 3. The van der Waals surface area contributed by atoms with Crippen molar-refractivity contribution < 1.29 is 9.59 Å². The molecular formula is C13H17N3O2. The number of nitrogens with one attached hydrogen (secondary N) is 3. The average molecular weight is 247 g/mol. The van der Waals surface area contributed by atoms with Crippen LogP contribution in [0.4, 0.5) is 11.4 Å². The Hall–Kier alpha value is -1.88. The zero-order valence-electron chi connectivity index (χ0n) is 10.3. The third kappa shape index (κ3) is 3.56. The molecule has 1 aliphatic heterocycles. The highest BCUT2D eigenvalue weighted by molar-refractivity contribution is 5.92. The van der Waals surface area contributed by atoms with Gasteiger partial charge in [-0.2, -0.15) is 0 Å². The molecule has 0 aliphatic carbocycles. The molecule has 0 bridgehead atoms. The van der Waals surface area contributed by atoms with Crippen LogP contribution in [0.1, 0.15) is 13.3 Å². The van der Waals surface area contributed by atoms with Crippen molar-refractivity contribution in [2.24, 2.45) is 5.92 Å². The lowest BCUT2D eigenvalue weighted by atomic mass is 9.99. The van der Waals surface area contributed by atoms with Gasteiger partial charge in [0.05, 0.1) is 0 Å². The molecule has 1 aromatic carbocycles. The first-order chi connectivity index (χ1) is 8.63. The van der Waals surface area contributed by atoms with E-state index in [4.69, 9.17) is 0 Å². The van der Waals surface area contributed by atoms with E-state index in [0.717, 1.165) is 24.5 Å². The highest BCUT2D eigenvalue weighted by atomic mass is 16.2. The first-order valence-corrected chi connectivity index (χ1v) is 6.02. The molecule has 2 rings (SSSR count). The molecule has 5 heteroatoms. The number of amides is 2. The van der Waals surface area contributed by atoms with Crippen LogP contribution in [0.5, 0.6) is 0 Å². The molecule has 5 nitrogen and oxygen atoms in total. The molecular weight excluding hydrogens is 230 g/mol. The van der Waals surface area contributed by atoms with E-state index in [1.807, 2.05) is 0 Å². The molecule has 0 radical (unpaired) electrons. The number of hydrogen-bond acceptors (Lipinski definition) is 3. The first kappa shape index (κ1) is 12.6. The second-order valence-corrected chi connectivity index (χ2v) is 4.54. The minimum Gasteiger partial charge on any atom is -0.326 e. The summed E-state index contributed by atoms with van der Waals surface area (Å²) < 4.78 is 0. The number of rotatable bonds is 4. The Labute approximate surface area is 106 Å². The van der Waals surface area contributed by atoms with Crippen LogP contribution in [0.2, 0.25) is 0 Å². The summed E-state index contributed by atoms with van der Waals surface area (Å²) in [7, 11) is 0. The fraction of sp³-hybridized carbons (Fsp3) is 0.385. The van der Waals surface area contributed by atoms with Gasteiger partial charge in [0.15, 0.2) is 0 Å². The lowest BCUT2D eigenvalue weighted by Crippen LogP contribution is -2.43. The molecule has 2 amide bonds. The molecule has 1 saturated heterocycles. The summed E-state index contributed by atoms with van der Waals surface area (Å²) in [6, 6.07) is 7.09. The van der Waals surface area contributed by atoms with Gasteiger partial charge in [-0.15, -0.1) is 0 Å². The molecule has 1 heterocycles. The molecule has 0 spiro atoms. The van der Waals surface area contributed by atoms with Crippen molar-refractivity contribution in [2.45, 2.75) is 13.3 Å². The number of benzene rings is 1. The highest BCUT2D eigenvalue weighted by Gasteiger charge is 2.19. The van der Waals surface area contributed by atoms with Crippen LogP contribution in [0.15, 0.2) is 24.3 Å². The van der Waals surface area contributed by atoms with E-state index in [2.05, 4.69) is 16.0 Å². The second kappa shape index (κ2) is 5.64. The van der Waals surface area contributed by atoms with E-state index in [1.165, 1.54) is 6.92 Å². The minimum absolute atomic E-state index is 0.0359. The van der Waals surface area contributed by atoms with Crippen LogP contribution in [0.25, 0.3) is 0 Å². The van der Waals surface area contributed by atoms with E-state index in [9.17, 15) is 9.59 Å². The standard InChI is InChI=1S/C13H17N3O2/c1-9(17)15-11-2-4-12(5-3-11)16-13(18)6-10-7-14-8-10/h2-5,10,14H,6-8H2,1H3,(H,15,17)(H,16,18). The minimum atomic E-state index is -0.107. The van der Waals surface area contributed by atoms with E-state index in [0.29, 0.717) is 12.3 Å². The van der Waals surface area contributed by atoms with E-state index >= 15 is 0 Å². The Kier molecular flexibility index (Phi) is 3.94. The fourth-order valence-corrected chi connectivity index (χ4v) is 1.81. The maximum atomic E-state index is 11.7. The van der Waals surface area contributed by atoms with Crippen LogP contribution in [-0.4, -0.2) is 24.9 Å². The predicted octanol–water partition coefficient (Wildman–Crippen LogP) is 1.19. The maximum absolute atomic E-state index is 11.7. The molecule has 96 valence electrons. The molecule has 0 aromatic heterocycles. The van der Waals surface area contributed by atoms with Crippen LogP contribution in [-0.2, 0) is 9.59 Å². The van der Waals surface area contributed by atoms with E-state index in [1.54, 1.807) is 24.3 Å². The largest absolute Gasteiger partial charge is 0.326 e. The summed E-state index contributed by atoms with van der Waals surface area (Å²) in [5.41, 5.74) is 1.48. The Morgan fingerprint density at radius 2 is 1.72 bits per heavy atom. The van der Waals surface area contributed by atoms with Gasteiger partial charge < -0.3 is 16.0 Å². The Morgan fingerprint density at radius 1 is 1.17 bits per heavy atom. The van der Waals surface area contributed by atoms with Crippen molar-refractivity contribution in [2.75, 3.05) is 23.7 Å². The number of carbonyl (C=O) groups is 2. The molecule has 0 unspecified atom stereocenters. The summed E-state index contributed by atoms with van der Waals surface area (Å²) in [6.45, 7) is 3.31. The summed E-state index contributed by atoms with van der Waals surface area (Å²) in [6.07, 6.45) is 0.556. The summed E-state index contributed by atoms with van der Waals surface area (Å²) in [5, 5.41) is 8.65. The maximum Gasteiger partial charge on any atom is 0.224 e. The monoisotopic (exact) mass is 247 g/mol. The van der Waals surface area contributed by atoms with Crippen LogP contribution >= 0.6 is 0 Å². The van der Waals surface area contributed by atoms with Gasteiger partial charge in [0.2, 0.25) is 11.8 Å². The molecule has 1 aromatic rings. The van der Waals surface area contributed by atoms with Crippen molar-refractivity contribution in [3.8, 4) is 0 Å². The summed E-state index contributed by atoms with van der Waals surface area (Å²) >= 11 is 0. The molecule has 3 N–H and O–H groups in total. The predicted molar refractivity (Wildman–Crippen MR) is 70.4 cm³/mol. The SMILES string of the molecule is CC(=O)Nc1ccc(NC(=O)CC2CNC2)cc1. The van der Waals surface area contributed by atoms with Crippen LogP contribution in [0, 0.1) is 5.92 Å². The van der Waals surface area contributed by atoms with Crippen LogP contribution < -0.4 is 16.0 Å². The van der Waals surface area contributed by atoms with Crippen molar-refractivity contribution >= 4 is 23.2 Å². The normalized spacial score (nSPS) is 14.7. The van der Waals surface area contributed by atoms with Gasteiger partial charge in [0, 0.05) is 24.7 Å². The number of anilines is 2. The molecule has 1 aliphatic rings. The zero-order valence-corrected chi connectivity index (χ0v) is 10.3. The fourth-order valence-electron chi connectivity index (χ4n) is 1.81. The van der Waals surface area contributed by atoms with Crippen molar-refractivity contribution in [1.82, 2.24) is 5.32 Å². The van der Waals surface area contributed by atoms with E-state index in [-0.39, 0.29) is 11.8 Å². The quantitative estimate of drug-likeness (QED) is 0.748. The number of carbonyl (C=O) groups excluding carboxylic acids is 2. The Morgan fingerprint density at radius 3 is 2.17 bits per heavy atom. The smallest absolute Gasteiger partial charge is 0.224 e. The highest BCUT2D eigenvalue weighted by Crippen LogP contribution is 2.15. The molecule has 1 fully saturated rings. The van der Waals surface area contributed by atoms with Crippen molar-refractivity contribution in [3.63, 3.8) is 0 Å². The van der Waals surface area contributed by atoms with Gasteiger partial charge in [0.25, 0.3) is 0 Å². The van der Waals surface area contributed by atoms with Gasteiger partial charge in [-0.05, 0) is 43.3 Å². The lowest BCUT2D eigenvalue weighted by molar-refractivity contribution is -0.117. The van der Waals surface area contributed by atoms with E-state index < -0.39 is 0 Å². The van der Waals surface area contributed by atoms with Crippen LogP contribution in [0.3, 0.4) is 0 Å². The van der Waals surface area contributed by atoms with Crippen molar-refractivity contribution in [1.29, 1.82) is 0 Å². The lowest BCUT2D eigenvalue weighted by Gasteiger charge is -2.26. The van der Waals surface area contributed by atoms with Gasteiger partial charge in [-0.1, -0.05) is 0 Å². The Bertz CT molecular complexity index is 438. The summed E-state index contributed by atoms with van der Waals surface area (Å²) in [4.78, 5) is 22.5. The first-order valence-electron chi connectivity index (χ1n) is 6.02. The van der Waals surface area contributed by atoms with Gasteiger partial charge >= 0.3 is 0 Å². The average Bonchev–Trinajstić information content (AvgIpc) is 2.26. The van der Waals surface area contributed by atoms with Gasteiger partial charge in [0.1, 0.15) is 0 Å². The zero-order chi connectivity index (χ0) is 13.0. The third-order valence-electron chi connectivity index (χ3n) is 2.83. The third-order valence-corrected chi connectivity index (χ3v) is 2.83. The topological polar surface area (TPSA) is 70.2 Å². The summed E-state index contributed by atoms with van der Waals surface area (Å²) in [5.74, 6) is 0.390.